The van der Waals surface area contributed by atoms with Crippen LogP contribution in [0.25, 0.3) is 0 Å². The summed E-state index contributed by atoms with van der Waals surface area (Å²) >= 11 is 5.98. The highest BCUT2D eigenvalue weighted by Crippen LogP contribution is 2.34. The van der Waals surface area contributed by atoms with Crippen LogP contribution in [0, 0.1) is 0 Å². The highest BCUT2D eigenvalue weighted by atomic mass is 35.5. The largest absolute Gasteiger partial charge is 0.483 e. The Bertz CT molecular complexity index is 756. The predicted octanol–water partition coefficient (Wildman–Crippen LogP) is 2.65. The number of nitrogens with zero attached hydrogens (tertiary/aromatic N) is 1. The number of aromatic nitrogens is 1. The fourth-order valence-electron chi connectivity index (χ4n) is 2.03. The molecule has 2 aromatic rings. The van der Waals surface area contributed by atoms with E-state index in [-0.39, 0.29) is 37.0 Å². The van der Waals surface area contributed by atoms with Gasteiger partial charge in [0, 0.05) is 18.8 Å². The van der Waals surface area contributed by atoms with Gasteiger partial charge in [-0.2, -0.15) is 0 Å². The van der Waals surface area contributed by atoms with Gasteiger partial charge >= 0.3 is 7.60 Å². The Hall–Kier alpha value is -1.59. The maximum Gasteiger partial charge on any atom is 0.325 e. The molecule has 2 N–H and O–H groups in total. The van der Waals surface area contributed by atoms with Crippen LogP contribution in [0.5, 0.6) is 5.75 Å². The van der Waals surface area contributed by atoms with Gasteiger partial charge in [0.1, 0.15) is 6.61 Å². The topological polar surface area (TPSA) is 88.8 Å². The van der Waals surface area contributed by atoms with E-state index < -0.39 is 7.60 Å². The van der Waals surface area contributed by atoms with Crippen LogP contribution in [0.1, 0.15) is 12.0 Å². The number of ether oxygens (including phenoxy) is 1. The minimum Gasteiger partial charge on any atom is -0.483 e. The SMILES string of the molecule is O=c1c(OCc2ccccc2)cc(Cl)cn1CCCP(=O)(O)O. The summed E-state index contributed by atoms with van der Waals surface area (Å²) in [6.45, 7) is 0.394. The molecule has 0 saturated carbocycles. The molecular formula is C15H17ClNO5P. The predicted molar refractivity (Wildman–Crippen MR) is 88.0 cm³/mol. The third-order valence-electron chi connectivity index (χ3n) is 3.11. The molecule has 1 heterocycles. The number of rotatable bonds is 7. The zero-order chi connectivity index (χ0) is 16.9. The van der Waals surface area contributed by atoms with Gasteiger partial charge in [0.05, 0.1) is 11.2 Å². The summed E-state index contributed by atoms with van der Waals surface area (Å²) in [6, 6.07) is 10.8. The van der Waals surface area contributed by atoms with Crippen molar-refractivity contribution in [2.24, 2.45) is 0 Å². The van der Waals surface area contributed by atoms with E-state index in [9.17, 15) is 9.36 Å². The van der Waals surface area contributed by atoms with Gasteiger partial charge in [-0.05, 0) is 12.0 Å². The maximum atomic E-state index is 12.3. The average molecular weight is 358 g/mol. The molecule has 8 heteroatoms. The van der Waals surface area contributed by atoms with Crippen LogP contribution < -0.4 is 10.3 Å². The first-order valence-electron chi connectivity index (χ1n) is 6.96. The molecule has 6 nitrogen and oxygen atoms in total. The Morgan fingerprint density at radius 3 is 2.57 bits per heavy atom. The Labute approximate surface area is 138 Å². The Balaban J connectivity index is 2.08. The summed E-state index contributed by atoms with van der Waals surface area (Å²) in [7, 11) is -4.07. The second-order valence-corrected chi connectivity index (χ2v) is 7.25. The van der Waals surface area contributed by atoms with Crippen LogP contribution in [-0.4, -0.2) is 20.5 Å². The fraction of sp³-hybridized carbons (Fsp3) is 0.267. The molecule has 0 radical (unpaired) electrons. The molecule has 0 aliphatic carbocycles. The van der Waals surface area contributed by atoms with Gasteiger partial charge in [-0.3, -0.25) is 9.36 Å². The van der Waals surface area contributed by atoms with E-state index in [1.54, 1.807) is 0 Å². The maximum absolute atomic E-state index is 12.3. The van der Waals surface area contributed by atoms with Crippen molar-refractivity contribution in [3.63, 3.8) is 0 Å². The van der Waals surface area contributed by atoms with E-state index in [1.165, 1.54) is 16.8 Å². The van der Waals surface area contributed by atoms with Crippen LogP contribution >= 0.6 is 19.2 Å². The van der Waals surface area contributed by atoms with Gasteiger partial charge in [-0.15, -0.1) is 0 Å². The Morgan fingerprint density at radius 2 is 1.91 bits per heavy atom. The highest BCUT2D eigenvalue weighted by molar-refractivity contribution is 7.51. The minimum absolute atomic E-state index is 0.109. The summed E-state index contributed by atoms with van der Waals surface area (Å²) in [4.78, 5) is 30.0. The monoisotopic (exact) mass is 357 g/mol. The molecule has 0 spiro atoms. The number of benzene rings is 1. The summed E-state index contributed by atoms with van der Waals surface area (Å²) in [5.41, 5.74) is 0.538. The molecule has 0 amide bonds. The summed E-state index contributed by atoms with van der Waals surface area (Å²) in [5.74, 6) is 0.109. The molecule has 0 bridgehead atoms. The van der Waals surface area contributed by atoms with Crippen LogP contribution in [-0.2, 0) is 17.7 Å². The van der Waals surface area contributed by atoms with Crippen molar-refractivity contribution in [2.45, 2.75) is 19.6 Å². The van der Waals surface area contributed by atoms with Gasteiger partial charge in [-0.25, -0.2) is 0 Å². The van der Waals surface area contributed by atoms with Crippen molar-refractivity contribution in [3.05, 3.63) is 63.5 Å². The van der Waals surface area contributed by atoms with Crippen molar-refractivity contribution in [1.29, 1.82) is 0 Å². The van der Waals surface area contributed by atoms with E-state index in [0.717, 1.165) is 5.56 Å². The van der Waals surface area contributed by atoms with E-state index in [2.05, 4.69) is 0 Å². The molecule has 0 unspecified atom stereocenters. The minimum atomic E-state index is -4.07. The van der Waals surface area contributed by atoms with Crippen molar-refractivity contribution in [3.8, 4) is 5.75 Å². The lowest BCUT2D eigenvalue weighted by Crippen LogP contribution is -2.22. The summed E-state index contributed by atoms with van der Waals surface area (Å²) in [5, 5.41) is 0.323. The van der Waals surface area contributed by atoms with E-state index in [0.29, 0.717) is 5.02 Å². The lowest BCUT2D eigenvalue weighted by atomic mass is 10.2. The van der Waals surface area contributed by atoms with Gasteiger partial charge in [0.25, 0.3) is 5.56 Å². The second-order valence-electron chi connectivity index (χ2n) is 5.04. The van der Waals surface area contributed by atoms with Gasteiger partial charge in [0.15, 0.2) is 5.75 Å². The Kier molecular flexibility index (Phi) is 6.02. The molecule has 0 saturated heterocycles. The van der Waals surface area contributed by atoms with Crippen molar-refractivity contribution in [1.82, 2.24) is 4.57 Å². The average Bonchev–Trinajstić information content (AvgIpc) is 2.48. The molecule has 0 fully saturated rings. The molecular weight excluding hydrogens is 341 g/mol. The first-order chi connectivity index (χ1) is 10.8. The number of halogens is 1. The van der Waals surface area contributed by atoms with Crippen LogP contribution in [0.2, 0.25) is 5.02 Å². The van der Waals surface area contributed by atoms with Gasteiger partial charge in [-0.1, -0.05) is 41.9 Å². The molecule has 2 rings (SSSR count). The van der Waals surface area contributed by atoms with E-state index in [1.807, 2.05) is 30.3 Å². The number of hydrogen-bond acceptors (Lipinski definition) is 3. The number of pyridine rings is 1. The molecule has 0 atom stereocenters. The fourth-order valence-corrected chi connectivity index (χ4v) is 2.80. The first kappa shape index (κ1) is 17.8. The van der Waals surface area contributed by atoms with Crippen LogP contribution in [0.15, 0.2) is 47.4 Å². The standard InChI is InChI=1S/C15H17ClNO5P/c16-13-9-14(22-11-12-5-2-1-3-6-12)15(18)17(10-13)7-4-8-23(19,20)21/h1-3,5-6,9-10H,4,7-8,11H2,(H2,19,20,21). The number of hydrogen-bond donors (Lipinski definition) is 2. The summed E-state index contributed by atoms with van der Waals surface area (Å²) in [6.07, 6.45) is 1.31. The zero-order valence-electron chi connectivity index (χ0n) is 12.3. The highest BCUT2D eigenvalue weighted by Gasteiger charge is 2.13. The van der Waals surface area contributed by atoms with Crippen molar-refractivity contribution >= 4 is 19.2 Å². The number of aryl methyl sites for hydroxylation is 1. The van der Waals surface area contributed by atoms with Crippen molar-refractivity contribution in [2.75, 3.05) is 6.16 Å². The summed E-state index contributed by atoms with van der Waals surface area (Å²) < 4.78 is 17.7. The zero-order valence-corrected chi connectivity index (χ0v) is 13.9. The van der Waals surface area contributed by atoms with E-state index in [4.69, 9.17) is 26.1 Å². The van der Waals surface area contributed by atoms with Crippen molar-refractivity contribution < 1.29 is 19.1 Å². The Morgan fingerprint density at radius 1 is 1.22 bits per heavy atom. The normalized spacial score (nSPS) is 11.4. The van der Waals surface area contributed by atoms with Gasteiger partial charge < -0.3 is 19.1 Å². The first-order valence-corrected chi connectivity index (χ1v) is 9.14. The third-order valence-corrected chi connectivity index (χ3v) is 4.21. The second kappa shape index (κ2) is 7.79. The molecule has 0 aliphatic heterocycles. The smallest absolute Gasteiger partial charge is 0.325 e. The van der Waals surface area contributed by atoms with E-state index >= 15 is 0 Å². The molecule has 23 heavy (non-hydrogen) atoms. The molecule has 124 valence electrons. The van der Waals surface area contributed by atoms with Crippen LogP contribution in [0.4, 0.5) is 0 Å². The third kappa shape index (κ3) is 5.84. The quantitative estimate of drug-likeness (QED) is 0.744. The molecule has 0 aliphatic rings. The lowest BCUT2D eigenvalue weighted by molar-refractivity contribution is 0.299. The molecule has 1 aromatic heterocycles. The lowest BCUT2D eigenvalue weighted by Gasteiger charge is -2.11. The molecule has 1 aromatic carbocycles. The van der Waals surface area contributed by atoms with Crippen LogP contribution in [0.3, 0.4) is 0 Å². The van der Waals surface area contributed by atoms with Gasteiger partial charge in [0.2, 0.25) is 0 Å².